The molecule has 2 bridgehead atoms. The first-order chi connectivity index (χ1) is 16.1. The fourth-order valence-electron chi connectivity index (χ4n) is 3.24. The summed E-state index contributed by atoms with van der Waals surface area (Å²) < 4.78 is 6.04. The molecule has 1 fully saturated rings. The van der Waals surface area contributed by atoms with Gasteiger partial charge in [-0.1, -0.05) is 29.3 Å². The van der Waals surface area contributed by atoms with Gasteiger partial charge >= 0.3 is 0 Å². The average molecular weight is 500 g/mol. The molecule has 6 nitrogen and oxygen atoms in total. The predicted octanol–water partition coefficient (Wildman–Crippen LogP) is 5.28. The maximum absolute atomic E-state index is 12.2. The number of allylic oxidation sites excluding steroid dienone is 5. The second-order valence-electron chi connectivity index (χ2n) is 9.04. The standard InChI is InChI=1S/C22H20ClN3O2S.C4H10O/c23-18-11-16(20-2-1-7-29-20)8-15-9-17(28-19(18)10-15)13-26-22(27)6-4-14-3-5-21(24)25-12-14;1-4(2,3)5/h1-8,11-12,17H,9-10,13H2,(H2,24,25)(H,26,27);5H,1-3H3/b6-4+;. The van der Waals surface area contributed by atoms with Crippen molar-refractivity contribution in [2.45, 2.75) is 45.3 Å². The third-order valence-electron chi connectivity index (χ3n) is 4.64. The normalized spacial score (nSPS) is 17.7. The van der Waals surface area contributed by atoms with E-state index in [-0.39, 0.29) is 12.0 Å². The van der Waals surface area contributed by atoms with Crippen molar-refractivity contribution < 1.29 is 14.6 Å². The number of rotatable bonds is 5. The fraction of sp³-hybridized carbons (Fsp3) is 0.308. The molecule has 1 aliphatic heterocycles. The Morgan fingerprint density at radius 3 is 2.76 bits per heavy atom. The van der Waals surface area contributed by atoms with Crippen LogP contribution in [0.2, 0.25) is 0 Å². The van der Waals surface area contributed by atoms with Gasteiger partial charge in [0.2, 0.25) is 5.91 Å². The maximum atomic E-state index is 12.2. The van der Waals surface area contributed by atoms with E-state index in [1.807, 2.05) is 12.1 Å². The van der Waals surface area contributed by atoms with Crippen LogP contribution in [0.25, 0.3) is 11.6 Å². The van der Waals surface area contributed by atoms with Crippen LogP contribution < -0.4 is 11.1 Å². The molecular formula is C26H30ClN3O3S. The summed E-state index contributed by atoms with van der Waals surface area (Å²) in [5.41, 5.74) is 8.22. The van der Waals surface area contributed by atoms with Gasteiger partial charge in [0.05, 0.1) is 17.2 Å². The topological polar surface area (TPSA) is 97.5 Å². The van der Waals surface area contributed by atoms with Gasteiger partial charge in [-0.15, -0.1) is 11.3 Å². The first-order valence-electron chi connectivity index (χ1n) is 11.0. The number of nitrogen functional groups attached to an aromatic ring is 1. The lowest BCUT2D eigenvalue weighted by molar-refractivity contribution is -0.117. The molecule has 1 unspecified atom stereocenters. The number of hydrogen-bond donors (Lipinski definition) is 3. The Hall–Kier alpha value is -2.87. The van der Waals surface area contributed by atoms with Gasteiger partial charge in [0.25, 0.3) is 0 Å². The molecule has 2 aromatic rings. The van der Waals surface area contributed by atoms with Crippen molar-refractivity contribution in [3.05, 3.63) is 80.9 Å². The van der Waals surface area contributed by atoms with Gasteiger partial charge in [0.1, 0.15) is 17.7 Å². The van der Waals surface area contributed by atoms with Gasteiger partial charge in [0, 0.05) is 30.0 Å². The monoisotopic (exact) mass is 499 g/mol. The van der Waals surface area contributed by atoms with Gasteiger partial charge in [-0.2, -0.15) is 0 Å². The lowest BCUT2D eigenvalue weighted by Crippen LogP contribution is -2.34. The maximum Gasteiger partial charge on any atom is 0.244 e. The molecule has 3 heterocycles. The number of anilines is 1. The van der Waals surface area contributed by atoms with E-state index in [0.717, 1.165) is 23.3 Å². The van der Waals surface area contributed by atoms with E-state index in [4.69, 9.17) is 27.2 Å². The summed E-state index contributed by atoms with van der Waals surface area (Å²) in [5, 5.41) is 14.1. The zero-order valence-electron chi connectivity index (χ0n) is 19.5. The lowest BCUT2D eigenvalue weighted by atomic mass is 9.99. The van der Waals surface area contributed by atoms with Crippen molar-refractivity contribution in [2.24, 2.45) is 0 Å². The highest BCUT2D eigenvalue weighted by molar-refractivity contribution is 7.11. The number of aromatic nitrogens is 1. The number of ether oxygens (including phenoxy) is 1. The van der Waals surface area contributed by atoms with Crippen molar-refractivity contribution in [2.75, 3.05) is 12.3 Å². The smallest absolute Gasteiger partial charge is 0.244 e. The van der Waals surface area contributed by atoms with Gasteiger partial charge in [-0.05, 0) is 67.6 Å². The van der Waals surface area contributed by atoms with Crippen LogP contribution in [0.1, 0.15) is 44.1 Å². The van der Waals surface area contributed by atoms with Crippen LogP contribution >= 0.6 is 22.9 Å². The summed E-state index contributed by atoms with van der Waals surface area (Å²) in [7, 11) is 0. The van der Waals surface area contributed by atoms with E-state index in [0.29, 0.717) is 23.8 Å². The largest absolute Gasteiger partial charge is 0.491 e. The van der Waals surface area contributed by atoms with Crippen molar-refractivity contribution in [3.8, 4) is 0 Å². The Balaban J connectivity index is 0.000000588. The number of nitrogens with zero attached hydrogens (tertiary/aromatic N) is 1. The second-order valence-corrected chi connectivity index (χ2v) is 10.4. The number of aliphatic hydroxyl groups is 1. The molecule has 1 aliphatic carbocycles. The molecular weight excluding hydrogens is 470 g/mol. The van der Waals surface area contributed by atoms with Crippen LogP contribution in [0.3, 0.4) is 0 Å². The zero-order valence-corrected chi connectivity index (χ0v) is 21.1. The number of amides is 1. The molecule has 1 saturated heterocycles. The number of carbonyl (C=O) groups is 1. The van der Waals surface area contributed by atoms with Crippen molar-refractivity contribution in [1.29, 1.82) is 0 Å². The Labute approximate surface area is 209 Å². The number of nitrogens with two attached hydrogens (primary N) is 1. The summed E-state index contributed by atoms with van der Waals surface area (Å²) in [6.45, 7) is 5.63. The molecule has 0 saturated carbocycles. The molecule has 0 spiro atoms. The number of nitrogens with one attached hydrogen (secondary N) is 1. The summed E-state index contributed by atoms with van der Waals surface area (Å²) in [6.07, 6.45) is 10.2. The number of halogens is 1. The van der Waals surface area contributed by atoms with E-state index >= 15 is 0 Å². The van der Waals surface area contributed by atoms with Crippen LogP contribution in [-0.4, -0.2) is 34.2 Å². The Bertz CT molecular complexity index is 1110. The summed E-state index contributed by atoms with van der Waals surface area (Å²) >= 11 is 8.17. The Kier molecular flexibility index (Phi) is 8.72. The van der Waals surface area contributed by atoms with E-state index in [1.165, 1.54) is 16.5 Å². The highest BCUT2D eigenvalue weighted by Gasteiger charge is 2.26. The number of thiophene rings is 1. The van der Waals surface area contributed by atoms with Crippen LogP contribution in [0, 0.1) is 0 Å². The summed E-state index contributed by atoms with van der Waals surface area (Å²) in [4.78, 5) is 17.3. The van der Waals surface area contributed by atoms with Crippen LogP contribution in [0.15, 0.2) is 70.4 Å². The molecule has 2 aliphatic rings. The quantitative estimate of drug-likeness (QED) is 0.486. The van der Waals surface area contributed by atoms with Crippen LogP contribution in [0.5, 0.6) is 0 Å². The van der Waals surface area contributed by atoms with E-state index in [1.54, 1.807) is 56.5 Å². The minimum absolute atomic E-state index is 0.148. The summed E-state index contributed by atoms with van der Waals surface area (Å²) in [5.74, 6) is 1.02. The zero-order chi connectivity index (χ0) is 24.7. The fourth-order valence-corrected chi connectivity index (χ4v) is 4.19. The number of hydrogen-bond acceptors (Lipinski definition) is 6. The van der Waals surface area contributed by atoms with Crippen molar-refractivity contribution in [3.63, 3.8) is 0 Å². The Morgan fingerprint density at radius 2 is 2.12 bits per heavy atom. The molecule has 4 N–H and O–H groups in total. The van der Waals surface area contributed by atoms with Crippen molar-refractivity contribution >= 4 is 46.3 Å². The summed E-state index contributed by atoms with van der Waals surface area (Å²) in [6, 6.07) is 7.61. The molecule has 4 rings (SSSR count). The second kappa shape index (κ2) is 11.5. The van der Waals surface area contributed by atoms with Crippen molar-refractivity contribution in [1.82, 2.24) is 10.3 Å². The van der Waals surface area contributed by atoms with E-state index in [2.05, 4.69) is 27.8 Å². The van der Waals surface area contributed by atoms with Gasteiger partial charge in [-0.25, -0.2) is 4.98 Å². The highest BCUT2D eigenvalue weighted by Crippen LogP contribution is 2.37. The van der Waals surface area contributed by atoms with Crippen LogP contribution in [-0.2, 0) is 9.53 Å². The average Bonchev–Trinajstić information content (AvgIpc) is 3.27. The molecule has 2 aromatic heterocycles. The number of fused-ring (bicyclic) bond motifs is 2. The first kappa shape index (κ1) is 25.7. The Morgan fingerprint density at radius 1 is 1.35 bits per heavy atom. The van der Waals surface area contributed by atoms with Gasteiger partial charge in [-0.3, -0.25) is 4.79 Å². The molecule has 0 aromatic carbocycles. The van der Waals surface area contributed by atoms with E-state index < -0.39 is 5.60 Å². The molecule has 0 radical (unpaired) electrons. The highest BCUT2D eigenvalue weighted by atomic mass is 35.5. The SMILES string of the molecule is CC(C)(C)O.Nc1ccc(/C=C/C(=O)NCC2CC3=CC(c4cccs4)=CC(Cl)=C(C3)O2)cn1. The van der Waals surface area contributed by atoms with Crippen LogP contribution in [0.4, 0.5) is 5.82 Å². The minimum Gasteiger partial charge on any atom is -0.491 e. The van der Waals surface area contributed by atoms with Gasteiger partial charge < -0.3 is 20.9 Å². The molecule has 8 heteroatoms. The molecule has 1 amide bonds. The lowest BCUT2D eigenvalue weighted by Gasteiger charge is -2.28. The van der Waals surface area contributed by atoms with E-state index in [9.17, 15) is 4.79 Å². The molecule has 180 valence electrons. The minimum atomic E-state index is -0.500. The predicted molar refractivity (Wildman–Crippen MR) is 140 cm³/mol. The first-order valence-corrected chi connectivity index (χ1v) is 12.2. The molecule has 34 heavy (non-hydrogen) atoms. The molecule has 1 atom stereocenters. The van der Waals surface area contributed by atoms with Gasteiger partial charge in [0.15, 0.2) is 0 Å². The number of carbonyl (C=O) groups excluding carboxylic acids is 1. The number of pyridine rings is 1. The third-order valence-corrected chi connectivity index (χ3v) is 5.88. The third kappa shape index (κ3) is 8.48.